The molecule has 0 spiro atoms. The van der Waals surface area contributed by atoms with Crippen LogP contribution in [0.5, 0.6) is 0 Å². The molecule has 2 rings (SSSR count). The fourth-order valence-corrected chi connectivity index (χ4v) is 3.35. The van der Waals surface area contributed by atoms with E-state index >= 15 is 0 Å². The van der Waals surface area contributed by atoms with Gasteiger partial charge in [-0.2, -0.15) is 0 Å². The predicted molar refractivity (Wildman–Crippen MR) is 95.1 cm³/mol. The molecule has 1 heterocycles. The third kappa shape index (κ3) is 5.58. The number of amides is 1. The minimum atomic E-state index is -3.70. The number of likely N-dealkylation sites (tertiary alicyclic amines) is 1. The molecule has 3 N–H and O–H groups in total. The lowest BCUT2D eigenvalue weighted by atomic mass is 9.95. The van der Waals surface area contributed by atoms with Crippen LogP contribution in [-0.2, 0) is 14.8 Å². The van der Waals surface area contributed by atoms with Crippen LogP contribution in [-0.4, -0.2) is 38.9 Å². The molecule has 1 aromatic carbocycles. The van der Waals surface area contributed by atoms with E-state index < -0.39 is 10.0 Å². The van der Waals surface area contributed by atoms with E-state index in [1.807, 2.05) is 0 Å². The van der Waals surface area contributed by atoms with Crippen LogP contribution in [0.15, 0.2) is 29.2 Å². The third-order valence-electron chi connectivity index (χ3n) is 4.43. The van der Waals surface area contributed by atoms with Gasteiger partial charge in [-0.05, 0) is 69.1 Å². The van der Waals surface area contributed by atoms with Gasteiger partial charge in [0.2, 0.25) is 15.9 Å². The molecule has 0 radical (unpaired) electrons. The fourth-order valence-electron chi connectivity index (χ4n) is 2.83. The van der Waals surface area contributed by atoms with Crippen LogP contribution >= 0.6 is 0 Å². The molecule has 0 saturated carbocycles. The summed E-state index contributed by atoms with van der Waals surface area (Å²) in [5.41, 5.74) is 0.592. The van der Waals surface area contributed by atoms with Crippen molar-refractivity contribution in [3.63, 3.8) is 0 Å². The van der Waals surface area contributed by atoms with E-state index in [4.69, 9.17) is 5.14 Å². The minimum Gasteiger partial charge on any atom is -0.326 e. The Hall–Kier alpha value is -1.44. The number of piperidine rings is 1. The average Bonchev–Trinajstić information content (AvgIpc) is 2.53. The molecule has 0 bridgehead atoms. The third-order valence-corrected chi connectivity index (χ3v) is 5.36. The summed E-state index contributed by atoms with van der Waals surface area (Å²) in [6, 6.07) is 5.93. The van der Waals surface area contributed by atoms with Crippen LogP contribution in [0.25, 0.3) is 0 Å². The Morgan fingerprint density at radius 1 is 1.25 bits per heavy atom. The Bertz CT molecular complexity index is 648. The second-order valence-corrected chi connectivity index (χ2v) is 8.42. The lowest BCUT2D eigenvalue weighted by Gasteiger charge is -2.31. The largest absolute Gasteiger partial charge is 0.326 e. The normalized spacial score (nSPS) is 17.2. The lowest BCUT2D eigenvalue weighted by Crippen LogP contribution is -2.38. The van der Waals surface area contributed by atoms with Crippen LogP contribution < -0.4 is 10.5 Å². The van der Waals surface area contributed by atoms with Crippen LogP contribution in [0.4, 0.5) is 5.69 Å². The Morgan fingerprint density at radius 3 is 2.33 bits per heavy atom. The number of carbonyl (C=O) groups excluding carboxylic acids is 1. The first-order valence-corrected chi connectivity index (χ1v) is 9.96. The van der Waals surface area contributed by atoms with Gasteiger partial charge in [0.25, 0.3) is 0 Å². The molecule has 0 aromatic heterocycles. The maximum Gasteiger partial charge on any atom is 0.238 e. The first-order valence-electron chi connectivity index (χ1n) is 8.42. The topological polar surface area (TPSA) is 92.5 Å². The summed E-state index contributed by atoms with van der Waals surface area (Å²) in [6.07, 6.45) is 2.91. The molecule has 0 aliphatic carbocycles. The molecular formula is C17H27N3O3S. The zero-order chi connectivity index (χ0) is 17.7. The van der Waals surface area contributed by atoms with E-state index in [0.717, 1.165) is 32.5 Å². The highest BCUT2D eigenvalue weighted by atomic mass is 32.2. The number of hydrogen-bond acceptors (Lipinski definition) is 4. The Labute approximate surface area is 144 Å². The summed E-state index contributed by atoms with van der Waals surface area (Å²) in [5, 5.41) is 7.92. The summed E-state index contributed by atoms with van der Waals surface area (Å²) in [7, 11) is -3.70. The highest BCUT2D eigenvalue weighted by Crippen LogP contribution is 2.21. The van der Waals surface area contributed by atoms with Crippen molar-refractivity contribution in [3.8, 4) is 0 Å². The second-order valence-electron chi connectivity index (χ2n) is 6.86. The summed E-state index contributed by atoms with van der Waals surface area (Å²) in [5.74, 6) is 0.714. The monoisotopic (exact) mass is 353 g/mol. The van der Waals surface area contributed by atoms with Crippen LogP contribution in [0, 0.1) is 11.8 Å². The Morgan fingerprint density at radius 2 is 1.83 bits per heavy atom. The van der Waals surface area contributed by atoms with Crippen molar-refractivity contribution >= 4 is 21.6 Å². The predicted octanol–water partition coefficient (Wildman–Crippen LogP) is 2.03. The fraction of sp³-hybridized carbons (Fsp3) is 0.588. The second kappa shape index (κ2) is 8.09. The summed E-state index contributed by atoms with van der Waals surface area (Å²) < 4.78 is 22.5. The van der Waals surface area contributed by atoms with Crippen molar-refractivity contribution in [2.45, 2.75) is 38.0 Å². The van der Waals surface area contributed by atoms with Gasteiger partial charge >= 0.3 is 0 Å². The number of nitrogens with one attached hydrogen (secondary N) is 1. The molecule has 0 unspecified atom stereocenters. The van der Waals surface area contributed by atoms with Gasteiger partial charge in [-0.1, -0.05) is 13.8 Å². The summed E-state index contributed by atoms with van der Waals surface area (Å²) in [4.78, 5) is 14.8. The standard InChI is InChI=1S/C17H27N3O3S/c1-13(2)7-10-20-11-8-14(9-12-20)17(21)19-15-3-5-16(6-4-15)24(18,22)23/h3-6,13-14H,7-12H2,1-2H3,(H,19,21)(H2,18,22,23). The highest BCUT2D eigenvalue weighted by Gasteiger charge is 2.25. The van der Waals surface area contributed by atoms with Crippen LogP contribution in [0.1, 0.15) is 33.1 Å². The van der Waals surface area contributed by atoms with E-state index in [1.54, 1.807) is 12.1 Å². The zero-order valence-corrected chi connectivity index (χ0v) is 15.2. The number of nitrogens with zero attached hydrogens (tertiary/aromatic N) is 1. The quantitative estimate of drug-likeness (QED) is 0.818. The van der Waals surface area contributed by atoms with Crippen LogP contribution in [0.2, 0.25) is 0 Å². The molecule has 1 aromatic rings. The minimum absolute atomic E-state index is 0.00173. The van der Waals surface area contributed by atoms with Crippen molar-refractivity contribution in [1.29, 1.82) is 0 Å². The van der Waals surface area contributed by atoms with Crippen molar-refractivity contribution in [2.24, 2.45) is 17.0 Å². The number of anilines is 1. The summed E-state index contributed by atoms with van der Waals surface area (Å²) >= 11 is 0. The number of carbonyl (C=O) groups is 1. The smallest absolute Gasteiger partial charge is 0.238 e. The number of rotatable bonds is 6. The summed E-state index contributed by atoms with van der Waals surface area (Å²) in [6.45, 7) is 7.45. The van der Waals surface area contributed by atoms with E-state index in [2.05, 4.69) is 24.1 Å². The van der Waals surface area contributed by atoms with Gasteiger partial charge in [0.15, 0.2) is 0 Å². The number of nitrogens with two attached hydrogens (primary N) is 1. The molecule has 6 nitrogen and oxygen atoms in total. The highest BCUT2D eigenvalue weighted by molar-refractivity contribution is 7.89. The molecular weight excluding hydrogens is 326 g/mol. The first kappa shape index (κ1) is 18.9. The molecule has 24 heavy (non-hydrogen) atoms. The number of sulfonamides is 1. The average molecular weight is 353 g/mol. The van der Waals surface area contributed by atoms with Crippen molar-refractivity contribution in [3.05, 3.63) is 24.3 Å². The zero-order valence-electron chi connectivity index (χ0n) is 14.4. The molecule has 0 atom stereocenters. The number of primary sulfonamides is 1. The Balaban J connectivity index is 1.83. The van der Waals surface area contributed by atoms with Gasteiger partial charge in [-0.15, -0.1) is 0 Å². The molecule has 1 aliphatic heterocycles. The lowest BCUT2D eigenvalue weighted by molar-refractivity contribution is -0.121. The molecule has 1 aliphatic rings. The van der Waals surface area contributed by atoms with E-state index in [1.165, 1.54) is 18.6 Å². The molecule has 7 heteroatoms. The molecule has 1 amide bonds. The molecule has 1 saturated heterocycles. The maximum atomic E-state index is 12.3. The van der Waals surface area contributed by atoms with Crippen molar-refractivity contribution in [2.75, 3.05) is 25.0 Å². The Kier molecular flexibility index (Phi) is 6.37. The van der Waals surface area contributed by atoms with E-state index in [0.29, 0.717) is 11.6 Å². The van der Waals surface area contributed by atoms with Gasteiger partial charge in [0.05, 0.1) is 4.90 Å². The molecule has 134 valence electrons. The number of hydrogen-bond donors (Lipinski definition) is 2. The molecule has 1 fully saturated rings. The van der Waals surface area contributed by atoms with Crippen molar-refractivity contribution in [1.82, 2.24) is 4.90 Å². The first-order chi connectivity index (χ1) is 11.3. The maximum absolute atomic E-state index is 12.3. The van der Waals surface area contributed by atoms with Crippen LogP contribution in [0.3, 0.4) is 0 Å². The van der Waals surface area contributed by atoms with Crippen molar-refractivity contribution < 1.29 is 13.2 Å². The van der Waals surface area contributed by atoms with Gasteiger partial charge < -0.3 is 10.2 Å². The van der Waals surface area contributed by atoms with Gasteiger partial charge in [-0.3, -0.25) is 4.79 Å². The van der Waals surface area contributed by atoms with E-state index in [-0.39, 0.29) is 16.7 Å². The van der Waals surface area contributed by atoms with Gasteiger partial charge in [-0.25, -0.2) is 13.6 Å². The van der Waals surface area contributed by atoms with E-state index in [9.17, 15) is 13.2 Å². The SMILES string of the molecule is CC(C)CCN1CCC(C(=O)Nc2ccc(S(N)(=O)=O)cc2)CC1. The number of benzene rings is 1. The van der Waals surface area contributed by atoms with Gasteiger partial charge in [0.1, 0.15) is 0 Å². The van der Waals surface area contributed by atoms with Gasteiger partial charge in [0, 0.05) is 11.6 Å².